The number of nitrogens with zero attached hydrogens (tertiary/aromatic N) is 3. The summed E-state index contributed by atoms with van der Waals surface area (Å²) in [6, 6.07) is 10.5. The zero-order valence-corrected chi connectivity index (χ0v) is 17.1. The molecular weight excluding hydrogens is 368 g/mol. The molecule has 0 aromatic heterocycles. The second-order valence-electron chi connectivity index (χ2n) is 5.10. The summed E-state index contributed by atoms with van der Waals surface area (Å²) in [6.45, 7) is 9.08. The maximum atomic E-state index is 10.9. The van der Waals surface area contributed by atoms with Gasteiger partial charge in [0.05, 0.1) is 11.5 Å². The molecule has 2 aromatic carbocycles. The van der Waals surface area contributed by atoms with Crippen molar-refractivity contribution >= 4 is 28.7 Å². The molecule has 0 aliphatic rings. The summed E-state index contributed by atoms with van der Waals surface area (Å²) in [5.41, 5.74) is 3.47. The van der Waals surface area contributed by atoms with Crippen molar-refractivity contribution in [3.63, 3.8) is 0 Å². The van der Waals surface area contributed by atoms with Crippen molar-refractivity contribution in [2.45, 2.75) is 27.7 Å². The number of nitro benzene ring substituents is 1. The molecule has 0 atom stereocenters. The molecule has 0 aliphatic heterocycles. The van der Waals surface area contributed by atoms with Crippen molar-refractivity contribution < 1.29 is 10.0 Å². The lowest BCUT2D eigenvalue weighted by Crippen LogP contribution is -2.05. The summed E-state index contributed by atoms with van der Waals surface area (Å²) in [4.78, 5) is 10.4. The molecule has 2 N–H and O–H groups in total. The molecule has 27 heavy (non-hydrogen) atoms. The molecule has 0 aliphatic carbocycles. The highest BCUT2D eigenvalue weighted by Crippen LogP contribution is 2.30. The van der Waals surface area contributed by atoms with E-state index in [1.165, 1.54) is 17.7 Å². The van der Waals surface area contributed by atoms with Crippen LogP contribution in [-0.2, 0) is 0 Å². The lowest BCUT2D eigenvalue weighted by atomic mass is 10.1. The molecule has 7 nitrogen and oxygen atoms in total. The Kier molecular flexibility index (Phi) is 12.4. The number of nitro groups is 1. The third-order valence-corrected chi connectivity index (χ3v) is 3.46. The SMILES string of the molecule is CC.CO.Cc1ccc(NCCN=Nc2ccc(Cl)cc2[N+](=O)[O-])c(C)c1. The van der Waals surface area contributed by atoms with Crippen molar-refractivity contribution in [3.8, 4) is 0 Å². The lowest BCUT2D eigenvalue weighted by Gasteiger charge is -2.08. The zero-order valence-electron chi connectivity index (χ0n) is 16.4. The molecule has 0 radical (unpaired) electrons. The standard InChI is InChI=1S/C16H17ClN4O2.C2H6.CH4O/c1-11-3-5-14(12(2)9-11)18-7-8-19-20-15-6-4-13(17)10-16(15)21(22)23;2*1-2/h3-6,9-10,18H,7-8H2,1-2H3;1-2H3;2H,1H3. The van der Waals surface area contributed by atoms with E-state index in [-0.39, 0.29) is 11.4 Å². The number of benzene rings is 2. The predicted octanol–water partition coefficient (Wildman–Crippen LogP) is 5.70. The first-order valence-electron chi connectivity index (χ1n) is 8.54. The molecule has 0 unspecified atom stereocenters. The Labute approximate surface area is 165 Å². The van der Waals surface area contributed by atoms with Gasteiger partial charge >= 0.3 is 0 Å². The number of hydrogen-bond donors (Lipinski definition) is 2. The van der Waals surface area contributed by atoms with Gasteiger partial charge in [0.2, 0.25) is 0 Å². The van der Waals surface area contributed by atoms with E-state index < -0.39 is 4.92 Å². The van der Waals surface area contributed by atoms with Gasteiger partial charge in [-0.3, -0.25) is 10.1 Å². The van der Waals surface area contributed by atoms with E-state index in [1.807, 2.05) is 39.8 Å². The molecule has 148 valence electrons. The summed E-state index contributed by atoms with van der Waals surface area (Å²) in [6.07, 6.45) is 0. The summed E-state index contributed by atoms with van der Waals surface area (Å²) in [5.74, 6) is 0. The molecule has 0 heterocycles. The number of aliphatic hydroxyl groups is 1. The minimum atomic E-state index is -0.520. The van der Waals surface area contributed by atoms with Crippen LogP contribution in [-0.4, -0.2) is 30.2 Å². The van der Waals surface area contributed by atoms with Crippen molar-refractivity contribution in [3.05, 3.63) is 62.7 Å². The van der Waals surface area contributed by atoms with Gasteiger partial charge < -0.3 is 10.4 Å². The van der Waals surface area contributed by atoms with Crippen LogP contribution in [0.25, 0.3) is 0 Å². The van der Waals surface area contributed by atoms with Gasteiger partial charge in [0, 0.05) is 30.4 Å². The van der Waals surface area contributed by atoms with Crippen LogP contribution >= 0.6 is 11.6 Å². The number of halogens is 1. The van der Waals surface area contributed by atoms with Gasteiger partial charge in [-0.1, -0.05) is 43.1 Å². The van der Waals surface area contributed by atoms with E-state index in [0.717, 1.165) is 18.4 Å². The molecule has 0 amide bonds. The summed E-state index contributed by atoms with van der Waals surface area (Å²) in [7, 11) is 1.00. The zero-order chi connectivity index (χ0) is 20.8. The number of hydrogen-bond acceptors (Lipinski definition) is 6. The van der Waals surface area contributed by atoms with E-state index in [4.69, 9.17) is 16.7 Å². The van der Waals surface area contributed by atoms with E-state index >= 15 is 0 Å². The number of rotatable bonds is 6. The Bertz CT molecular complexity index is 752. The highest BCUT2D eigenvalue weighted by Gasteiger charge is 2.13. The Morgan fingerprint density at radius 2 is 1.81 bits per heavy atom. The fraction of sp³-hybridized carbons (Fsp3) is 0.368. The van der Waals surface area contributed by atoms with Gasteiger partial charge in [0.1, 0.15) is 0 Å². The summed E-state index contributed by atoms with van der Waals surface area (Å²) < 4.78 is 0. The van der Waals surface area contributed by atoms with Crippen LogP contribution in [0.4, 0.5) is 17.1 Å². The van der Waals surface area contributed by atoms with E-state index in [1.54, 1.807) is 6.07 Å². The van der Waals surface area contributed by atoms with Crippen LogP contribution in [0, 0.1) is 24.0 Å². The maximum Gasteiger partial charge on any atom is 0.298 e. The lowest BCUT2D eigenvalue weighted by molar-refractivity contribution is -0.384. The van der Waals surface area contributed by atoms with Gasteiger partial charge in [-0.05, 0) is 37.6 Å². The van der Waals surface area contributed by atoms with Crippen molar-refractivity contribution in [1.82, 2.24) is 0 Å². The minimum absolute atomic E-state index is 0.149. The molecule has 0 bridgehead atoms. The smallest absolute Gasteiger partial charge is 0.298 e. The maximum absolute atomic E-state index is 10.9. The van der Waals surface area contributed by atoms with Crippen molar-refractivity contribution in [2.75, 3.05) is 25.5 Å². The van der Waals surface area contributed by atoms with Gasteiger partial charge in [-0.15, -0.1) is 5.11 Å². The first kappa shape index (κ1) is 24.5. The Morgan fingerprint density at radius 3 is 2.41 bits per heavy atom. The first-order valence-corrected chi connectivity index (χ1v) is 8.92. The quantitative estimate of drug-likeness (QED) is 0.284. The molecule has 0 fully saturated rings. The van der Waals surface area contributed by atoms with Crippen LogP contribution in [0.1, 0.15) is 25.0 Å². The highest BCUT2D eigenvalue weighted by molar-refractivity contribution is 6.30. The average molecular weight is 395 g/mol. The second kappa shape index (κ2) is 13.7. The molecular formula is C19H27ClN4O3. The Hall–Kier alpha value is -2.51. The summed E-state index contributed by atoms with van der Waals surface area (Å²) >= 11 is 5.75. The monoisotopic (exact) mass is 394 g/mol. The number of aryl methyl sites for hydroxylation is 2. The molecule has 0 saturated carbocycles. The van der Waals surface area contributed by atoms with Crippen molar-refractivity contribution in [1.29, 1.82) is 0 Å². The molecule has 8 heteroatoms. The molecule has 0 saturated heterocycles. The average Bonchev–Trinajstić information content (AvgIpc) is 2.67. The van der Waals surface area contributed by atoms with E-state index in [2.05, 4.69) is 21.6 Å². The number of azo groups is 1. The van der Waals surface area contributed by atoms with E-state index in [9.17, 15) is 10.1 Å². The van der Waals surface area contributed by atoms with Crippen LogP contribution < -0.4 is 5.32 Å². The first-order chi connectivity index (χ1) is 13.0. The predicted molar refractivity (Wildman–Crippen MR) is 111 cm³/mol. The molecule has 0 spiro atoms. The van der Waals surface area contributed by atoms with Gasteiger partial charge in [0.15, 0.2) is 5.69 Å². The topological polar surface area (TPSA) is 100 Å². The Balaban J connectivity index is 0.00000158. The largest absolute Gasteiger partial charge is 0.400 e. The fourth-order valence-corrected chi connectivity index (χ4v) is 2.27. The normalized spacial score (nSPS) is 9.74. The number of nitrogens with one attached hydrogen (secondary N) is 1. The van der Waals surface area contributed by atoms with Crippen molar-refractivity contribution in [2.24, 2.45) is 10.2 Å². The van der Waals surface area contributed by atoms with Gasteiger partial charge in [0.25, 0.3) is 5.69 Å². The van der Waals surface area contributed by atoms with Crippen LogP contribution in [0.15, 0.2) is 46.6 Å². The Morgan fingerprint density at radius 1 is 1.15 bits per heavy atom. The summed E-state index contributed by atoms with van der Waals surface area (Å²) in [5, 5.41) is 29.4. The third kappa shape index (κ3) is 8.61. The second-order valence-corrected chi connectivity index (χ2v) is 5.54. The third-order valence-electron chi connectivity index (χ3n) is 3.22. The molecule has 2 rings (SSSR count). The van der Waals surface area contributed by atoms with Crippen LogP contribution in [0.2, 0.25) is 5.02 Å². The van der Waals surface area contributed by atoms with E-state index in [0.29, 0.717) is 18.1 Å². The van der Waals surface area contributed by atoms with Crippen LogP contribution in [0.5, 0.6) is 0 Å². The fourth-order valence-electron chi connectivity index (χ4n) is 2.11. The number of anilines is 1. The highest BCUT2D eigenvalue weighted by atomic mass is 35.5. The van der Waals surface area contributed by atoms with Crippen LogP contribution in [0.3, 0.4) is 0 Å². The molecule has 2 aromatic rings. The van der Waals surface area contributed by atoms with Gasteiger partial charge in [-0.2, -0.15) is 5.11 Å². The minimum Gasteiger partial charge on any atom is -0.400 e. The number of aliphatic hydroxyl groups excluding tert-OH is 1. The van der Waals surface area contributed by atoms with Gasteiger partial charge in [-0.25, -0.2) is 0 Å².